The van der Waals surface area contributed by atoms with Crippen LogP contribution in [-0.4, -0.2) is 18.4 Å². The van der Waals surface area contributed by atoms with Crippen LogP contribution in [0.4, 0.5) is 11.4 Å². The number of halogens is 2. The summed E-state index contributed by atoms with van der Waals surface area (Å²) in [6.07, 6.45) is 1.84. The Bertz CT molecular complexity index is 1220. The van der Waals surface area contributed by atoms with Crippen molar-refractivity contribution in [2.75, 3.05) is 16.3 Å². The summed E-state index contributed by atoms with van der Waals surface area (Å²) < 4.78 is 0. The van der Waals surface area contributed by atoms with Crippen molar-refractivity contribution in [1.82, 2.24) is 0 Å². The van der Waals surface area contributed by atoms with Crippen LogP contribution in [0.3, 0.4) is 0 Å². The first-order valence-electron chi connectivity index (χ1n) is 10.0. The Labute approximate surface area is 190 Å². The van der Waals surface area contributed by atoms with E-state index < -0.39 is 0 Å². The summed E-state index contributed by atoms with van der Waals surface area (Å²) >= 11 is 12.1. The Morgan fingerprint density at radius 2 is 1.39 bits per heavy atom. The van der Waals surface area contributed by atoms with Crippen LogP contribution >= 0.6 is 23.2 Å². The van der Waals surface area contributed by atoms with Crippen molar-refractivity contribution < 1.29 is 9.59 Å². The number of rotatable bonds is 3. The van der Waals surface area contributed by atoms with Crippen molar-refractivity contribution in [1.29, 1.82) is 0 Å². The van der Waals surface area contributed by atoms with Crippen molar-refractivity contribution in [2.45, 2.75) is 12.8 Å². The number of nitrogens with zero attached hydrogens (tertiary/aromatic N) is 2. The van der Waals surface area contributed by atoms with E-state index in [0.717, 1.165) is 18.5 Å². The van der Waals surface area contributed by atoms with Crippen molar-refractivity contribution in [3.05, 3.63) is 99.7 Å². The van der Waals surface area contributed by atoms with Gasteiger partial charge in [0.15, 0.2) is 0 Å². The number of hydrogen-bond acceptors (Lipinski definition) is 3. The average Bonchev–Trinajstić information content (AvgIpc) is 3.04. The van der Waals surface area contributed by atoms with Crippen molar-refractivity contribution in [3.8, 4) is 0 Å². The zero-order valence-corrected chi connectivity index (χ0v) is 18.0. The lowest BCUT2D eigenvalue weighted by Gasteiger charge is -2.32. The normalized spacial score (nSPS) is 16.2. The van der Waals surface area contributed by atoms with Gasteiger partial charge >= 0.3 is 0 Å². The molecule has 5 rings (SSSR count). The van der Waals surface area contributed by atoms with Gasteiger partial charge in [0.25, 0.3) is 11.8 Å². The third-order valence-electron chi connectivity index (χ3n) is 5.66. The first kappa shape index (κ1) is 19.9. The fourth-order valence-corrected chi connectivity index (χ4v) is 4.49. The number of aryl methyl sites for hydroxylation is 1. The van der Waals surface area contributed by atoms with Gasteiger partial charge < -0.3 is 4.90 Å². The minimum absolute atomic E-state index is 0.339. The van der Waals surface area contributed by atoms with Crippen LogP contribution in [0, 0.1) is 0 Å². The molecule has 0 saturated heterocycles. The van der Waals surface area contributed by atoms with Crippen LogP contribution in [0.5, 0.6) is 0 Å². The average molecular weight is 449 g/mol. The summed E-state index contributed by atoms with van der Waals surface area (Å²) in [5, 5.41) is 1.11. The van der Waals surface area contributed by atoms with E-state index in [0.29, 0.717) is 39.1 Å². The van der Waals surface area contributed by atoms with E-state index in [2.05, 4.69) is 6.07 Å². The molecule has 0 N–H and O–H groups in total. The predicted octanol–water partition coefficient (Wildman–Crippen LogP) is 5.73. The number of amides is 2. The number of anilines is 2. The number of carbonyl (C=O) groups excluding carboxylic acids is 2. The Balaban J connectivity index is 1.69. The number of imide groups is 1. The second-order valence-corrected chi connectivity index (χ2v) is 8.41. The SMILES string of the molecule is O=C1C(c2ccc(Cl)cc2)=C(N2CCCc3ccccc32)C(=O)N1c1ccc(Cl)cc1. The quantitative estimate of drug-likeness (QED) is 0.480. The first-order chi connectivity index (χ1) is 15.0. The van der Waals surface area contributed by atoms with Gasteiger partial charge in [0.2, 0.25) is 0 Å². The molecular weight excluding hydrogens is 431 g/mol. The third-order valence-corrected chi connectivity index (χ3v) is 6.16. The monoisotopic (exact) mass is 448 g/mol. The largest absolute Gasteiger partial charge is 0.336 e. The molecular formula is C25H18Cl2N2O2. The first-order valence-corrected chi connectivity index (χ1v) is 10.8. The van der Waals surface area contributed by atoms with Crippen LogP contribution in [-0.2, 0) is 16.0 Å². The van der Waals surface area contributed by atoms with Gasteiger partial charge in [0.05, 0.1) is 11.3 Å². The fraction of sp³-hybridized carbons (Fsp3) is 0.120. The van der Waals surface area contributed by atoms with Crippen LogP contribution in [0.25, 0.3) is 5.57 Å². The summed E-state index contributed by atoms with van der Waals surface area (Å²) in [6, 6.07) is 21.8. The lowest BCUT2D eigenvalue weighted by molar-refractivity contribution is -0.120. The number of fused-ring (bicyclic) bond motifs is 1. The molecule has 3 aromatic carbocycles. The minimum Gasteiger partial charge on any atom is -0.336 e. The highest BCUT2D eigenvalue weighted by molar-refractivity contribution is 6.46. The van der Waals surface area contributed by atoms with Crippen LogP contribution in [0.15, 0.2) is 78.5 Å². The fourth-order valence-electron chi connectivity index (χ4n) is 4.24. The van der Waals surface area contributed by atoms with Gasteiger partial charge in [0, 0.05) is 22.3 Å². The van der Waals surface area contributed by atoms with Gasteiger partial charge in [-0.1, -0.05) is 53.5 Å². The van der Waals surface area contributed by atoms with Crippen LogP contribution in [0.2, 0.25) is 10.0 Å². The lowest BCUT2D eigenvalue weighted by atomic mass is 9.98. The molecule has 0 bridgehead atoms. The van der Waals surface area contributed by atoms with Crippen molar-refractivity contribution >= 4 is 52.0 Å². The summed E-state index contributed by atoms with van der Waals surface area (Å²) in [5.74, 6) is -0.693. The van der Waals surface area contributed by atoms with Crippen molar-refractivity contribution in [3.63, 3.8) is 0 Å². The van der Waals surface area contributed by atoms with Gasteiger partial charge in [-0.15, -0.1) is 0 Å². The number of carbonyl (C=O) groups is 2. The topological polar surface area (TPSA) is 40.6 Å². The molecule has 154 valence electrons. The molecule has 31 heavy (non-hydrogen) atoms. The highest BCUT2D eigenvalue weighted by Crippen LogP contribution is 2.39. The predicted molar refractivity (Wildman–Crippen MR) is 124 cm³/mol. The van der Waals surface area contributed by atoms with E-state index in [1.54, 1.807) is 48.5 Å². The highest BCUT2D eigenvalue weighted by Gasteiger charge is 2.43. The third kappa shape index (κ3) is 3.42. The van der Waals surface area contributed by atoms with E-state index >= 15 is 0 Å². The van der Waals surface area contributed by atoms with E-state index in [-0.39, 0.29) is 11.8 Å². The second-order valence-electron chi connectivity index (χ2n) is 7.54. The Kier molecular flexibility index (Phi) is 5.05. The van der Waals surface area contributed by atoms with Gasteiger partial charge in [-0.05, 0) is 66.4 Å². The Hall–Kier alpha value is -3.08. The number of hydrogen-bond donors (Lipinski definition) is 0. The van der Waals surface area contributed by atoms with Crippen molar-refractivity contribution in [2.24, 2.45) is 0 Å². The van der Waals surface area contributed by atoms with Crippen LogP contribution in [0.1, 0.15) is 17.5 Å². The lowest BCUT2D eigenvalue weighted by Crippen LogP contribution is -2.37. The molecule has 0 aliphatic carbocycles. The summed E-state index contributed by atoms with van der Waals surface area (Å²) in [7, 11) is 0. The minimum atomic E-state index is -0.354. The molecule has 2 aliphatic heterocycles. The molecule has 0 spiro atoms. The van der Waals surface area contributed by atoms with E-state index in [4.69, 9.17) is 23.2 Å². The molecule has 2 aliphatic rings. The molecule has 2 amide bonds. The molecule has 3 aromatic rings. The molecule has 0 radical (unpaired) electrons. The summed E-state index contributed by atoms with van der Waals surface area (Å²) in [5.41, 5.74) is 4.07. The van der Waals surface area contributed by atoms with Gasteiger partial charge in [-0.3, -0.25) is 9.59 Å². The maximum atomic E-state index is 13.7. The standard InChI is InChI=1S/C25H18Cl2N2O2/c26-18-9-7-17(8-10-18)22-23(28-15-3-5-16-4-1-2-6-21(16)28)25(31)29(24(22)30)20-13-11-19(27)12-14-20/h1-2,4,6-14H,3,5,15H2. The highest BCUT2D eigenvalue weighted by atomic mass is 35.5. The van der Waals surface area contributed by atoms with Gasteiger partial charge in [-0.25, -0.2) is 4.90 Å². The smallest absolute Gasteiger partial charge is 0.282 e. The summed E-state index contributed by atoms with van der Waals surface area (Å²) in [6.45, 7) is 0.664. The maximum Gasteiger partial charge on any atom is 0.282 e. The molecule has 0 fully saturated rings. The van der Waals surface area contributed by atoms with Gasteiger partial charge in [-0.2, -0.15) is 0 Å². The van der Waals surface area contributed by atoms with E-state index in [1.165, 1.54) is 10.5 Å². The van der Waals surface area contributed by atoms with Crippen LogP contribution < -0.4 is 9.80 Å². The molecule has 0 unspecified atom stereocenters. The van der Waals surface area contributed by atoms with E-state index in [9.17, 15) is 9.59 Å². The molecule has 0 atom stereocenters. The number of para-hydroxylation sites is 1. The van der Waals surface area contributed by atoms with E-state index in [1.807, 2.05) is 23.1 Å². The zero-order valence-electron chi connectivity index (χ0n) is 16.5. The van der Waals surface area contributed by atoms with Gasteiger partial charge in [0.1, 0.15) is 5.70 Å². The maximum absolute atomic E-state index is 13.7. The molecule has 2 heterocycles. The zero-order chi connectivity index (χ0) is 21.5. The summed E-state index contributed by atoms with van der Waals surface area (Å²) in [4.78, 5) is 30.5. The second kappa shape index (κ2) is 7.88. The Morgan fingerprint density at radius 3 is 2.10 bits per heavy atom. The molecule has 6 heteroatoms. The molecule has 0 aromatic heterocycles. The molecule has 4 nitrogen and oxygen atoms in total. The molecule has 0 saturated carbocycles. The number of benzene rings is 3. The Morgan fingerprint density at radius 1 is 0.742 bits per heavy atom.